The van der Waals surface area contributed by atoms with Gasteiger partial charge in [0.2, 0.25) is 0 Å². The molecule has 2 rings (SSSR count). The number of nitrogen functional groups attached to an aromatic ring is 1. The Morgan fingerprint density at radius 3 is 2.50 bits per heavy atom. The van der Waals surface area contributed by atoms with Crippen molar-refractivity contribution in [2.75, 3.05) is 12.8 Å². The molecule has 0 saturated carbocycles. The number of ether oxygens (including phenoxy) is 2. The highest BCUT2D eigenvalue weighted by molar-refractivity contribution is 6.33. The summed E-state index contributed by atoms with van der Waals surface area (Å²) in [5, 5.41) is 0.502. The smallest absolute Gasteiger partial charge is 0.144 e. The van der Waals surface area contributed by atoms with E-state index in [1.807, 2.05) is 30.3 Å². The van der Waals surface area contributed by atoms with Gasteiger partial charge in [0.15, 0.2) is 0 Å². The van der Waals surface area contributed by atoms with Gasteiger partial charge in [0.1, 0.15) is 18.1 Å². The molecule has 0 heterocycles. The first kappa shape index (κ1) is 12.6. The van der Waals surface area contributed by atoms with Crippen molar-refractivity contribution >= 4 is 17.3 Å². The fraction of sp³-hybridized carbons (Fsp3) is 0.143. The second-order valence-corrected chi connectivity index (χ2v) is 4.20. The van der Waals surface area contributed by atoms with E-state index in [0.717, 1.165) is 11.3 Å². The van der Waals surface area contributed by atoms with E-state index in [-0.39, 0.29) is 0 Å². The van der Waals surface area contributed by atoms with Gasteiger partial charge in [0.25, 0.3) is 0 Å². The number of hydrogen-bond acceptors (Lipinski definition) is 3. The van der Waals surface area contributed by atoms with Crippen molar-refractivity contribution in [1.82, 2.24) is 0 Å². The Morgan fingerprint density at radius 1 is 1.11 bits per heavy atom. The molecule has 0 spiro atoms. The van der Waals surface area contributed by atoms with Gasteiger partial charge >= 0.3 is 0 Å². The lowest BCUT2D eigenvalue weighted by atomic mass is 10.2. The molecule has 0 aliphatic carbocycles. The molecule has 2 N–H and O–H groups in total. The van der Waals surface area contributed by atoms with Crippen LogP contribution in [-0.4, -0.2) is 7.11 Å². The van der Waals surface area contributed by atoms with E-state index in [4.69, 9.17) is 26.8 Å². The van der Waals surface area contributed by atoms with E-state index >= 15 is 0 Å². The fourth-order valence-corrected chi connectivity index (χ4v) is 1.69. The Bertz CT molecular complexity index is 526. The first-order chi connectivity index (χ1) is 8.70. The van der Waals surface area contributed by atoms with E-state index in [2.05, 4.69) is 0 Å². The molecule has 0 bridgehead atoms. The summed E-state index contributed by atoms with van der Waals surface area (Å²) in [5.41, 5.74) is 7.32. The zero-order chi connectivity index (χ0) is 13.0. The molecule has 4 heteroatoms. The van der Waals surface area contributed by atoms with Crippen LogP contribution in [-0.2, 0) is 6.61 Å². The standard InChI is InChI=1S/C14H14ClNO2/c1-17-11-7-5-10(6-8-11)9-18-13-4-2-3-12(15)14(13)16/h2-8H,9,16H2,1H3. The Kier molecular flexibility index (Phi) is 3.95. The summed E-state index contributed by atoms with van der Waals surface area (Å²) in [5.74, 6) is 1.42. The van der Waals surface area contributed by atoms with Gasteiger partial charge in [-0.1, -0.05) is 29.8 Å². The molecular formula is C14H14ClNO2. The number of benzene rings is 2. The number of hydrogen-bond donors (Lipinski definition) is 1. The summed E-state index contributed by atoms with van der Waals surface area (Å²) < 4.78 is 10.7. The summed E-state index contributed by atoms with van der Waals surface area (Å²) in [6.07, 6.45) is 0. The SMILES string of the molecule is COc1ccc(COc2cccc(Cl)c2N)cc1. The molecule has 0 saturated heterocycles. The molecular weight excluding hydrogens is 250 g/mol. The number of methoxy groups -OCH3 is 1. The van der Waals surface area contributed by atoms with Crippen LogP contribution in [0.3, 0.4) is 0 Å². The van der Waals surface area contributed by atoms with Crippen LogP contribution < -0.4 is 15.2 Å². The largest absolute Gasteiger partial charge is 0.497 e. The van der Waals surface area contributed by atoms with Crippen LogP contribution in [0.2, 0.25) is 5.02 Å². The zero-order valence-corrected chi connectivity index (χ0v) is 10.8. The minimum atomic E-state index is 0.439. The second-order valence-electron chi connectivity index (χ2n) is 3.79. The maximum atomic E-state index is 5.91. The number of para-hydroxylation sites is 1. The molecule has 0 unspecified atom stereocenters. The maximum absolute atomic E-state index is 5.91. The molecule has 0 radical (unpaired) electrons. The van der Waals surface area contributed by atoms with Crippen molar-refractivity contribution in [1.29, 1.82) is 0 Å². The molecule has 0 aliphatic rings. The molecule has 2 aromatic carbocycles. The van der Waals surface area contributed by atoms with E-state index in [1.165, 1.54) is 0 Å². The van der Waals surface area contributed by atoms with Crippen LogP contribution in [0.1, 0.15) is 5.56 Å². The Balaban J connectivity index is 2.04. The number of anilines is 1. The summed E-state index contributed by atoms with van der Waals surface area (Å²) in [7, 11) is 1.64. The third kappa shape index (κ3) is 2.87. The highest BCUT2D eigenvalue weighted by Gasteiger charge is 2.04. The average Bonchev–Trinajstić information content (AvgIpc) is 2.41. The number of rotatable bonds is 4. The van der Waals surface area contributed by atoms with Crippen LogP contribution in [0, 0.1) is 0 Å². The second kappa shape index (κ2) is 5.65. The van der Waals surface area contributed by atoms with E-state index < -0.39 is 0 Å². The minimum Gasteiger partial charge on any atom is -0.497 e. The van der Waals surface area contributed by atoms with Crippen molar-refractivity contribution in [3.63, 3.8) is 0 Å². The predicted molar refractivity (Wildman–Crippen MR) is 73.2 cm³/mol. The van der Waals surface area contributed by atoms with Gasteiger partial charge in [-0.2, -0.15) is 0 Å². The summed E-state index contributed by atoms with van der Waals surface area (Å²) in [6.45, 7) is 0.439. The first-order valence-corrected chi connectivity index (χ1v) is 5.88. The van der Waals surface area contributed by atoms with Crippen molar-refractivity contribution in [3.8, 4) is 11.5 Å². The zero-order valence-electron chi connectivity index (χ0n) is 10.0. The third-order valence-electron chi connectivity index (χ3n) is 2.57. The quantitative estimate of drug-likeness (QED) is 0.859. The summed E-state index contributed by atoms with van der Waals surface area (Å²) in [4.78, 5) is 0. The molecule has 94 valence electrons. The van der Waals surface area contributed by atoms with Gasteiger partial charge < -0.3 is 15.2 Å². The van der Waals surface area contributed by atoms with Gasteiger partial charge in [-0.25, -0.2) is 0 Å². The topological polar surface area (TPSA) is 44.5 Å². The van der Waals surface area contributed by atoms with E-state index in [1.54, 1.807) is 19.2 Å². The van der Waals surface area contributed by atoms with Gasteiger partial charge in [-0.3, -0.25) is 0 Å². The van der Waals surface area contributed by atoms with E-state index in [9.17, 15) is 0 Å². The summed E-state index contributed by atoms with van der Waals surface area (Å²) in [6, 6.07) is 13.0. The van der Waals surface area contributed by atoms with Gasteiger partial charge in [-0.05, 0) is 29.8 Å². The van der Waals surface area contributed by atoms with Crippen LogP contribution in [0.15, 0.2) is 42.5 Å². The van der Waals surface area contributed by atoms with Crippen LogP contribution in [0.25, 0.3) is 0 Å². The number of halogens is 1. The highest BCUT2D eigenvalue weighted by atomic mass is 35.5. The van der Waals surface area contributed by atoms with E-state index in [0.29, 0.717) is 23.1 Å². The molecule has 18 heavy (non-hydrogen) atoms. The van der Waals surface area contributed by atoms with Crippen LogP contribution in [0.4, 0.5) is 5.69 Å². The number of nitrogens with two attached hydrogens (primary N) is 1. The monoisotopic (exact) mass is 263 g/mol. The minimum absolute atomic E-state index is 0.439. The van der Waals surface area contributed by atoms with Crippen molar-refractivity contribution < 1.29 is 9.47 Å². The lowest BCUT2D eigenvalue weighted by molar-refractivity contribution is 0.307. The lowest BCUT2D eigenvalue weighted by Crippen LogP contribution is -1.99. The fourth-order valence-electron chi connectivity index (χ4n) is 1.53. The van der Waals surface area contributed by atoms with Gasteiger partial charge in [-0.15, -0.1) is 0 Å². The van der Waals surface area contributed by atoms with Crippen LogP contribution >= 0.6 is 11.6 Å². The molecule has 0 aliphatic heterocycles. The summed E-state index contributed by atoms with van der Waals surface area (Å²) >= 11 is 5.91. The molecule has 0 fully saturated rings. The van der Waals surface area contributed by atoms with Crippen molar-refractivity contribution in [3.05, 3.63) is 53.1 Å². The predicted octanol–water partition coefficient (Wildman–Crippen LogP) is 3.51. The van der Waals surface area contributed by atoms with Gasteiger partial charge in [0, 0.05) is 0 Å². The van der Waals surface area contributed by atoms with Gasteiger partial charge in [0.05, 0.1) is 17.8 Å². The normalized spacial score (nSPS) is 10.1. The lowest BCUT2D eigenvalue weighted by Gasteiger charge is -2.10. The van der Waals surface area contributed by atoms with Crippen LogP contribution in [0.5, 0.6) is 11.5 Å². The highest BCUT2D eigenvalue weighted by Crippen LogP contribution is 2.29. The Morgan fingerprint density at radius 2 is 1.83 bits per heavy atom. The first-order valence-electron chi connectivity index (χ1n) is 5.50. The molecule has 0 atom stereocenters. The molecule has 0 amide bonds. The average molecular weight is 264 g/mol. The molecule has 0 aromatic heterocycles. The molecule has 3 nitrogen and oxygen atoms in total. The third-order valence-corrected chi connectivity index (χ3v) is 2.90. The van der Waals surface area contributed by atoms with Crippen molar-refractivity contribution in [2.45, 2.75) is 6.61 Å². The van der Waals surface area contributed by atoms with Crippen molar-refractivity contribution in [2.24, 2.45) is 0 Å². The molecule has 2 aromatic rings. The maximum Gasteiger partial charge on any atom is 0.144 e. The Hall–Kier alpha value is -1.87. The Labute approximate surface area is 111 Å².